The van der Waals surface area contributed by atoms with Gasteiger partial charge in [-0.3, -0.25) is 4.98 Å². The van der Waals surface area contributed by atoms with E-state index >= 15 is 0 Å². The summed E-state index contributed by atoms with van der Waals surface area (Å²) in [6.07, 6.45) is -0.421. The maximum atomic E-state index is 9.43. The van der Waals surface area contributed by atoms with Crippen molar-refractivity contribution in [3.05, 3.63) is 53.5 Å². The van der Waals surface area contributed by atoms with Crippen LogP contribution in [0.25, 0.3) is 22.9 Å². The van der Waals surface area contributed by atoms with Crippen LogP contribution in [0, 0.1) is 0 Å². The summed E-state index contributed by atoms with van der Waals surface area (Å²) in [7, 11) is 5.84. The van der Waals surface area contributed by atoms with Crippen LogP contribution in [-0.2, 0) is 58.5 Å². The fourth-order valence-electron chi connectivity index (χ4n) is 1.26. The number of rotatable bonds is 9. The maximum Gasteiger partial charge on any atom is 2.00 e. The molecule has 1 aromatic heterocycles. The monoisotopic (exact) mass is 988 g/mol. The van der Waals surface area contributed by atoms with Crippen LogP contribution in [0.2, 0.25) is 0 Å². The van der Waals surface area contributed by atoms with E-state index in [0.717, 1.165) is 0 Å². The zero-order chi connectivity index (χ0) is 25.1. The smallest absolute Gasteiger partial charge is 0.265 e. The number of nitrogens with zero attached hydrogens (tertiary/aromatic N) is 1. The third-order valence-corrected chi connectivity index (χ3v) is 7.86. The van der Waals surface area contributed by atoms with Gasteiger partial charge in [0.2, 0.25) is 0 Å². The minimum absolute atomic E-state index is 0. The Labute approximate surface area is 234 Å². The van der Waals surface area contributed by atoms with Gasteiger partial charge in [-0.25, -0.2) is 0 Å². The summed E-state index contributed by atoms with van der Waals surface area (Å²) in [4.78, 5) is 3.78. The van der Waals surface area contributed by atoms with Crippen LogP contribution >= 0.6 is 9.42 Å². The minimum atomic E-state index is -4.53. The first-order valence-electron chi connectivity index (χ1n) is 8.30. The van der Waals surface area contributed by atoms with Crippen molar-refractivity contribution < 1.29 is 70.8 Å². The van der Waals surface area contributed by atoms with Crippen molar-refractivity contribution in [2.45, 2.75) is 60.0 Å². The van der Waals surface area contributed by atoms with Gasteiger partial charge in [-0.1, -0.05) is 13.5 Å². The summed E-state index contributed by atoms with van der Waals surface area (Å²) in [5, 5.41) is 0. The van der Waals surface area contributed by atoms with Crippen molar-refractivity contribution in [3.63, 3.8) is 0 Å². The maximum absolute atomic E-state index is 9.43. The van der Waals surface area contributed by atoms with Gasteiger partial charge in [-0.2, -0.15) is 0 Å². The van der Waals surface area contributed by atoms with E-state index in [2.05, 4.69) is 25.6 Å². The van der Waals surface area contributed by atoms with Gasteiger partial charge in [0, 0.05) is 12.4 Å². The molecule has 4 atom stereocenters. The molecule has 1 rings (SSSR count). The van der Waals surface area contributed by atoms with Gasteiger partial charge in [-0.15, -0.1) is 0 Å². The van der Waals surface area contributed by atoms with Crippen molar-refractivity contribution in [2.24, 2.45) is 0 Å². The first-order chi connectivity index (χ1) is 14.2. The van der Waals surface area contributed by atoms with Crippen LogP contribution in [0.3, 0.4) is 0 Å². The Hall–Kier alpha value is 1.45. The summed E-state index contributed by atoms with van der Waals surface area (Å²) < 4.78 is 50.0. The van der Waals surface area contributed by atoms with Gasteiger partial charge >= 0.3 is 193 Å². The molecule has 1 heterocycles. The normalized spacial score (nSPS) is 15.5. The molecule has 18 heteroatoms. The zero-order valence-electron chi connectivity index (χ0n) is 17.9. The average Bonchev–Trinajstić information content (AvgIpc) is 2.62. The van der Waals surface area contributed by atoms with E-state index in [-0.39, 0.29) is 28.5 Å². The van der Waals surface area contributed by atoms with E-state index < -0.39 is 54.7 Å². The summed E-state index contributed by atoms with van der Waals surface area (Å²) in [6.45, 7) is 5.54. The molecule has 0 amide bonds. The molecular weight excluding hydrogens is 954 g/mol. The third kappa shape index (κ3) is 35.7. The third-order valence-electron chi connectivity index (χ3n) is 1.97. The van der Waals surface area contributed by atoms with E-state index in [0.29, 0.717) is 0 Å². The second-order valence-electron chi connectivity index (χ2n) is 5.16. The molecule has 0 saturated carbocycles. The predicted molar refractivity (Wildman–Crippen MR) is 121 cm³/mol. The van der Waals surface area contributed by atoms with Gasteiger partial charge in [0.25, 0.3) is 0 Å². The van der Waals surface area contributed by atoms with Gasteiger partial charge in [0.1, 0.15) is 0 Å². The van der Waals surface area contributed by atoms with Gasteiger partial charge < -0.3 is 0 Å². The molecule has 0 fully saturated rings. The van der Waals surface area contributed by atoms with Crippen molar-refractivity contribution in [1.29, 1.82) is 0 Å². The SMILES string of the molecule is C.CC([NH-])O[As](O)(O)OC(C)[NH-].CO[As](O)(OC(C)[NH-])OC(C)[NH-].[Cl][Pt].[Pt+2].c1ccncc1. The molecule has 1 aromatic rings. The van der Waals surface area contributed by atoms with E-state index in [9.17, 15) is 4.10 Å². The largest absolute Gasteiger partial charge is 2.00 e. The molecule has 2 radical (unpaired) electrons. The van der Waals surface area contributed by atoms with E-state index in [1.165, 1.54) is 34.8 Å². The number of aromatic nitrogens is 1. The summed E-state index contributed by atoms with van der Waals surface area (Å²) in [5.74, 6) is 0. The van der Waals surface area contributed by atoms with Crippen LogP contribution in [0.4, 0.5) is 0 Å². The van der Waals surface area contributed by atoms with Crippen molar-refractivity contribution >= 4 is 39.3 Å². The Morgan fingerprint density at radius 1 is 0.758 bits per heavy atom. The van der Waals surface area contributed by atoms with Crippen molar-refractivity contribution in [2.75, 3.05) is 7.11 Å². The quantitative estimate of drug-likeness (QED) is 0.309. The fourth-order valence-corrected chi connectivity index (χ4v) is 5.24. The molecule has 207 valence electrons. The summed E-state index contributed by atoms with van der Waals surface area (Å²) >= 11 is -6.98. The number of hydrogen-bond acceptors (Lipinski definition) is 9. The fraction of sp³-hybridized carbons (Fsp3) is 0.667. The Morgan fingerprint density at radius 3 is 1.21 bits per heavy atom. The van der Waals surface area contributed by atoms with Crippen molar-refractivity contribution in [1.82, 2.24) is 4.98 Å². The van der Waals surface area contributed by atoms with E-state index in [1.807, 2.05) is 18.2 Å². The van der Waals surface area contributed by atoms with Gasteiger partial charge in [-0.05, 0) is 12.1 Å². The summed E-state index contributed by atoms with van der Waals surface area (Å²) in [5.41, 5.74) is 27.7. The van der Waals surface area contributed by atoms with Gasteiger partial charge in [0.05, 0.1) is 0 Å². The Kier molecular flexibility index (Phi) is 35.7. The molecule has 0 bridgehead atoms. The van der Waals surface area contributed by atoms with Gasteiger partial charge in [0.15, 0.2) is 0 Å². The first kappa shape index (κ1) is 44.4. The van der Waals surface area contributed by atoms with Crippen LogP contribution < -0.4 is 0 Å². The topological polar surface area (TPSA) is 215 Å². The molecule has 0 aromatic carbocycles. The van der Waals surface area contributed by atoms with E-state index in [4.69, 9.17) is 38.6 Å². The Balaban J connectivity index is -0.000000115. The second kappa shape index (κ2) is 26.5. The molecule has 7 N–H and O–H groups in total. The molecule has 4 unspecified atom stereocenters. The molecule has 0 aliphatic heterocycles. The summed E-state index contributed by atoms with van der Waals surface area (Å²) in [6, 6.07) is 5.72. The van der Waals surface area contributed by atoms with Crippen LogP contribution in [0.5, 0.6) is 0 Å². The number of halogens is 1. The second-order valence-corrected chi connectivity index (χ2v) is 11.7. The van der Waals surface area contributed by atoms with Crippen molar-refractivity contribution in [3.8, 4) is 0 Å². The Morgan fingerprint density at radius 2 is 1.06 bits per heavy atom. The molecule has 0 aliphatic rings. The average molecular weight is 989 g/mol. The number of hydrogen-bond donors (Lipinski definition) is 3. The predicted octanol–water partition coefficient (Wildman–Crippen LogP) is 3.53. The first-order valence-corrected chi connectivity index (χ1v) is 17.5. The molecule has 0 saturated heterocycles. The molecule has 0 aliphatic carbocycles. The number of nitrogens with one attached hydrogen (secondary N) is 4. The van der Waals surface area contributed by atoms with Crippen LogP contribution in [-0.4, -0.2) is 79.1 Å². The van der Waals surface area contributed by atoms with Crippen LogP contribution in [0.15, 0.2) is 30.6 Å². The molecule has 0 spiro atoms. The Bertz CT molecular complexity index is 470. The van der Waals surface area contributed by atoms with Crippen LogP contribution in [0.1, 0.15) is 35.1 Å². The molecule has 13 nitrogen and oxygen atoms in total. The molecular formula is C15H35As2ClN5O8Pt2-2. The molecule has 33 heavy (non-hydrogen) atoms. The number of pyridine rings is 1. The zero-order valence-corrected chi connectivity index (χ0v) is 27.0. The standard InChI is InChI=1S/C5H14AsN2O4.C5H5N.C4H12AsN2O4.CH4.ClH.2Pt/c1-4(7)11-6(9,10-3)12-5(2)8;1-2-4-6-5-3-1;1-3(6)10-5(8,9)11-4(2)7;;;;/h4-5,7-9H,1-3H3;1-5H;3-4,6-9H,1-2H3;1H4;1H;;/q-2;;-2;;;+1;+2/p-1. The van der Waals surface area contributed by atoms with E-state index in [1.54, 1.807) is 31.2 Å². The minimum Gasteiger partial charge on any atom is -0.265 e.